The molecule has 1 rings (SSSR count). The maximum Gasteiger partial charge on any atom is 0.0553 e. The van der Waals surface area contributed by atoms with E-state index in [0.29, 0.717) is 0 Å². The normalized spacial score (nSPS) is 14.2. The molecule has 0 aromatic carbocycles. The van der Waals surface area contributed by atoms with E-state index in [1.165, 1.54) is 0 Å². The van der Waals surface area contributed by atoms with Gasteiger partial charge in [0.15, 0.2) is 0 Å². The van der Waals surface area contributed by atoms with Crippen molar-refractivity contribution in [2.45, 2.75) is 6.92 Å². The molecule has 0 unspecified atom stereocenters. The quantitative estimate of drug-likeness (QED) is 0.132. The second-order valence-corrected chi connectivity index (χ2v) is 5.06. The van der Waals surface area contributed by atoms with Gasteiger partial charge in [0.2, 0.25) is 0 Å². The smallest absolute Gasteiger partial charge is 0.0553 e. The molecule has 1 aliphatic heterocycles. The lowest BCUT2D eigenvalue weighted by molar-refractivity contribution is 0.564. The maximum absolute atomic E-state index is 4.24. The van der Waals surface area contributed by atoms with Crippen LogP contribution in [0.1, 0.15) is 6.92 Å². The van der Waals surface area contributed by atoms with E-state index >= 15 is 0 Å². The summed E-state index contributed by atoms with van der Waals surface area (Å²) in [6, 6.07) is 0. The van der Waals surface area contributed by atoms with Crippen LogP contribution in [0, 0.1) is 0 Å². The van der Waals surface area contributed by atoms with Gasteiger partial charge in [-0.3, -0.25) is 5.01 Å². The van der Waals surface area contributed by atoms with Crippen LogP contribution in [-0.2, 0) is 0 Å². The third-order valence-electron chi connectivity index (χ3n) is 3.07. The van der Waals surface area contributed by atoms with E-state index in [0.717, 1.165) is 78.5 Å². The fourth-order valence-corrected chi connectivity index (χ4v) is 1.74. The van der Waals surface area contributed by atoms with E-state index in [1.807, 2.05) is 11.2 Å². The minimum atomic E-state index is 0.856. The molecule has 21 heavy (non-hydrogen) atoms. The van der Waals surface area contributed by atoms with Crippen molar-refractivity contribution in [2.24, 2.45) is 5.10 Å². The molecule has 0 amide bonds. The Morgan fingerprint density at radius 3 is 1.71 bits per heavy atom. The molecule has 7 heteroatoms. The topological polar surface area (TPSA) is 75.5 Å². The summed E-state index contributed by atoms with van der Waals surface area (Å²) in [4.78, 5) is 0. The molecular formula is C14H33N7. The second kappa shape index (κ2) is 14.2. The molecule has 0 radical (unpaired) electrons. The molecule has 5 N–H and O–H groups in total. The number of hydrazone groups is 1. The van der Waals surface area contributed by atoms with E-state index in [4.69, 9.17) is 0 Å². The predicted octanol–water partition coefficient (Wildman–Crippen LogP) is -1.74. The zero-order chi connectivity index (χ0) is 15.0. The number of nitrogens with zero attached hydrogens (tertiary/aromatic N) is 2. The number of hydrogen-bond donors (Lipinski definition) is 5. The molecule has 0 aromatic heterocycles. The Hall–Kier alpha value is -0.730. The van der Waals surface area contributed by atoms with Crippen molar-refractivity contribution in [3.05, 3.63) is 0 Å². The van der Waals surface area contributed by atoms with E-state index in [-0.39, 0.29) is 0 Å². The first-order chi connectivity index (χ1) is 10.4. The molecule has 0 aliphatic carbocycles. The fraction of sp³-hybridized carbons (Fsp3) is 0.929. The molecular weight excluding hydrogens is 266 g/mol. The Morgan fingerprint density at radius 2 is 1.24 bits per heavy atom. The van der Waals surface area contributed by atoms with E-state index < -0.39 is 0 Å². The summed E-state index contributed by atoms with van der Waals surface area (Å²) < 4.78 is 0. The van der Waals surface area contributed by atoms with Gasteiger partial charge in [-0.15, -0.1) is 0 Å². The highest BCUT2D eigenvalue weighted by Gasteiger charge is 2.11. The molecule has 0 saturated carbocycles. The highest BCUT2D eigenvalue weighted by Crippen LogP contribution is 2.00. The Balaban J connectivity index is 1.63. The maximum atomic E-state index is 4.24. The summed E-state index contributed by atoms with van der Waals surface area (Å²) in [6.07, 6.45) is 1.94. The fourth-order valence-electron chi connectivity index (χ4n) is 1.74. The van der Waals surface area contributed by atoms with E-state index in [9.17, 15) is 0 Å². The predicted molar refractivity (Wildman–Crippen MR) is 90.1 cm³/mol. The first-order valence-corrected chi connectivity index (χ1v) is 8.24. The summed E-state index contributed by atoms with van der Waals surface area (Å²) in [7, 11) is 0. The molecule has 1 heterocycles. The molecule has 0 spiro atoms. The summed E-state index contributed by atoms with van der Waals surface area (Å²) in [6.45, 7) is 14.4. The third kappa shape index (κ3) is 14.0. The third-order valence-corrected chi connectivity index (χ3v) is 3.07. The highest BCUT2D eigenvalue weighted by molar-refractivity contribution is 5.59. The van der Waals surface area contributed by atoms with Gasteiger partial charge >= 0.3 is 0 Å². The summed E-state index contributed by atoms with van der Waals surface area (Å²) >= 11 is 0. The summed E-state index contributed by atoms with van der Waals surface area (Å²) in [5.74, 6) is 0. The molecule has 7 nitrogen and oxygen atoms in total. The van der Waals surface area contributed by atoms with Gasteiger partial charge in [0, 0.05) is 65.1 Å². The number of likely N-dealkylation sites (N-methyl/N-ethyl adjacent to an activating group) is 1. The average molecular weight is 299 g/mol. The largest absolute Gasteiger partial charge is 0.316 e. The van der Waals surface area contributed by atoms with Gasteiger partial charge in [-0.05, 0) is 6.54 Å². The van der Waals surface area contributed by atoms with Crippen LogP contribution >= 0.6 is 0 Å². The minimum absolute atomic E-state index is 0.856. The van der Waals surface area contributed by atoms with Gasteiger partial charge in [-0.25, -0.2) is 0 Å². The van der Waals surface area contributed by atoms with Crippen LogP contribution in [0.3, 0.4) is 0 Å². The van der Waals surface area contributed by atoms with Crippen molar-refractivity contribution in [1.29, 1.82) is 0 Å². The number of hydrogen-bond acceptors (Lipinski definition) is 7. The van der Waals surface area contributed by atoms with Crippen LogP contribution in [0.15, 0.2) is 5.10 Å². The molecule has 1 aliphatic rings. The lowest BCUT2D eigenvalue weighted by atomic mass is 10.5. The SMILES string of the molecule is CCNCCNCCNCCNCCNCC=NN1CC1. The number of rotatable bonds is 16. The first-order valence-electron chi connectivity index (χ1n) is 8.24. The summed E-state index contributed by atoms with van der Waals surface area (Å²) in [5, 5.41) is 23.1. The molecule has 1 fully saturated rings. The van der Waals surface area contributed by atoms with Crippen LogP contribution in [0.25, 0.3) is 0 Å². The monoisotopic (exact) mass is 299 g/mol. The van der Waals surface area contributed by atoms with Crippen molar-refractivity contribution in [2.75, 3.05) is 78.5 Å². The van der Waals surface area contributed by atoms with Crippen LogP contribution < -0.4 is 26.6 Å². The van der Waals surface area contributed by atoms with Crippen molar-refractivity contribution >= 4 is 6.21 Å². The van der Waals surface area contributed by atoms with Crippen LogP contribution in [0.2, 0.25) is 0 Å². The van der Waals surface area contributed by atoms with E-state index in [2.05, 4.69) is 38.6 Å². The lowest BCUT2D eigenvalue weighted by Crippen LogP contribution is -2.36. The average Bonchev–Trinajstić information content (AvgIpc) is 3.31. The molecule has 0 atom stereocenters. The second-order valence-electron chi connectivity index (χ2n) is 5.06. The molecule has 0 aromatic rings. The van der Waals surface area contributed by atoms with Gasteiger partial charge in [0.1, 0.15) is 0 Å². The highest BCUT2D eigenvalue weighted by atomic mass is 15.5. The van der Waals surface area contributed by atoms with Crippen molar-refractivity contribution in [3.8, 4) is 0 Å². The molecule has 124 valence electrons. The Kier molecular flexibility index (Phi) is 12.4. The lowest BCUT2D eigenvalue weighted by Gasteiger charge is -2.08. The molecule has 0 bridgehead atoms. The van der Waals surface area contributed by atoms with Crippen LogP contribution in [-0.4, -0.2) is 89.8 Å². The Bertz CT molecular complexity index is 243. The minimum Gasteiger partial charge on any atom is -0.316 e. The number of nitrogens with one attached hydrogen (secondary N) is 5. The van der Waals surface area contributed by atoms with Crippen molar-refractivity contribution < 1.29 is 0 Å². The summed E-state index contributed by atoms with van der Waals surface area (Å²) in [5.41, 5.74) is 0. The standard InChI is InChI=1S/C14H33N7/c1-2-15-3-4-16-5-6-17-7-8-18-9-10-19-11-12-20-21-13-14-21/h12,15-19H,2-11,13-14H2,1H3. The van der Waals surface area contributed by atoms with Gasteiger partial charge in [0.05, 0.1) is 13.1 Å². The van der Waals surface area contributed by atoms with Crippen LogP contribution in [0.5, 0.6) is 0 Å². The van der Waals surface area contributed by atoms with Crippen LogP contribution in [0.4, 0.5) is 0 Å². The zero-order valence-electron chi connectivity index (χ0n) is 13.5. The van der Waals surface area contributed by atoms with Gasteiger partial charge in [-0.2, -0.15) is 5.10 Å². The van der Waals surface area contributed by atoms with Gasteiger partial charge in [-0.1, -0.05) is 6.92 Å². The van der Waals surface area contributed by atoms with Crippen molar-refractivity contribution in [1.82, 2.24) is 31.6 Å². The zero-order valence-corrected chi connectivity index (χ0v) is 13.5. The molecule has 1 saturated heterocycles. The Labute approximate surface area is 129 Å². The van der Waals surface area contributed by atoms with Gasteiger partial charge < -0.3 is 26.6 Å². The first kappa shape index (κ1) is 18.3. The van der Waals surface area contributed by atoms with Crippen molar-refractivity contribution in [3.63, 3.8) is 0 Å². The van der Waals surface area contributed by atoms with E-state index in [1.54, 1.807) is 0 Å². The Morgan fingerprint density at radius 1 is 0.762 bits per heavy atom. The van der Waals surface area contributed by atoms with Gasteiger partial charge in [0.25, 0.3) is 0 Å².